The van der Waals surface area contributed by atoms with Gasteiger partial charge in [0, 0.05) is 39.0 Å². The van der Waals surface area contributed by atoms with Gasteiger partial charge in [0.05, 0.1) is 12.6 Å². The van der Waals surface area contributed by atoms with Gasteiger partial charge in [-0.3, -0.25) is 28.8 Å². The van der Waals surface area contributed by atoms with Crippen LogP contribution in [-0.2, 0) is 74.1 Å². The highest BCUT2D eigenvalue weighted by Crippen LogP contribution is 2.18. The van der Waals surface area contributed by atoms with Crippen molar-refractivity contribution in [3.05, 3.63) is 144 Å². The fourth-order valence-electron chi connectivity index (χ4n) is 6.71. The van der Waals surface area contributed by atoms with E-state index < -0.39 is 36.0 Å². The minimum atomic E-state index is -0.893. The average Bonchev–Trinajstić information content (AvgIpc) is 3.32. The van der Waals surface area contributed by atoms with E-state index in [1.807, 2.05) is 121 Å². The Morgan fingerprint density at radius 3 is 1.45 bits per heavy atom. The summed E-state index contributed by atoms with van der Waals surface area (Å²) in [6, 6.07) is 35.6. The molecule has 3 N–H and O–H groups in total. The molecule has 18 heteroatoms. The zero-order valence-corrected chi connectivity index (χ0v) is 37.5. The molecule has 2 atom stereocenters. The minimum absolute atomic E-state index is 0. The first-order valence-electron chi connectivity index (χ1n) is 20.7. The predicted molar refractivity (Wildman–Crippen MR) is 243 cm³/mol. The number of nitrogens with two attached hydrogens (primary N) is 1. The fraction of sp³-hybridized carbons (Fsp3) is 0.340. The van der Waals surface area contributed by atoms with Crippen LogP contribution in [0.5, 0.6) is 0 Å². The second-order valence-electron chi connectivity index (χ2n) is 14.6. The van der Waals surface area contributed by atoms with Crippen molar-refractivity contribution in [3.8, 4) is 0 Å². The molecule has 0 aromatic heterocycles. The van der Waals surface area contributed by atoms with Gasteiger partial charge in [-0.05, 0) is 35.1 Å². The molecule has 2 aliphatic rings. The Labute approximate surface area is 390 Å². The van der Waals surface area contributed by atoms with Crippen LogP contribution in [0.2, 0.25) is 0 Å². The highest BCUT2D eigenvalue weighted by molar-refractivity contribution is 5.96. The summed E-state index contributed by atoms with van der Waals surface area (Å²) in [5.41, 5.74) is 8.95. The first-order chi connectivity index (χ1) is 30.6. The molecule has 2 aliphatic heterocycles. The molecular weight excluding hydrogens is 881 g/mol. The maximum absolute atomic E-state index is 13.1. The van der Waals surface area contributed by atoms with Gasteiger partial charge >= 0.3 is 24.0 Å². The summed E-state index contributed by atoms with van der Waals surface area (Å²) < 4.78 is 21.0. The topological polar surface area (TPSA) is 204 Å². The second-order valence-corrected chi connectivity index (χ2v) is 14.6. The van der Waals surface area contributed by atoms with Crippen molar-refractivity contribution in [1.82, 2.24) is 20.0 Å². The lowest BCUT2D eigenvalue weighted by atomic mass is 10.0. The number of rotatable bonds is 17. The predicted octanol–water partition coefficient (Wildman–Crippen LogP) is 4.74. The van der Waals surface area contributed by atoms with Crippen LogP contribution in [0.4, 0.5) is 4.79 Å². The lowest BCUT2D eigenvalue weighted by Gasteiger charge is -2.40. The molecule has 0 radical (unpaired) electrons. The Kier molecular flexibility index (Phi) is 23.2. The summed E-state index contributed by atoms with van der Waals surface area (Å²) in [6.07, 6.45) is -0.299. The molecular formula is C47H55Cl2N5O11. The Bertz CT molecular complexity index is 2120. The lowest BCUT2D eigenvalue weighted by Crippen LogP contribution is -2.60. The van der Waals surface area contributed by atoms with Crippen molar-refractivity contribution in [2.75, 3.05) is 39.3 Å². The SMILES string of the molecule is Cl.Cl.NCC(=O)N1CCN(CC(=O)OCc2ccccc2)C(=O)[C@@H]1CCC(=O)OCc1ccccc1.O=C(CC[C@@H]1NCCN(C(=O)OCc2ccccc2)C1=O)OCc1ccccc1. The monoisotopic (exact) mass is 935 g/mol. The van der Waals surface area contributed by atoms with E-state index in [0.717, 1.165) is 27.2 Å². The maximum atomic E-state index is 13.1. The summed E-state index contributed by atoms with van der Waals surface area (Å²) in [5.74, 6) is -2.59. The standard InChI is InChI=1S/C25H29N3O6.C22H24N2O5.2ClH/c26-15-22(29)28-14-13-27(16-24(31)34-18-20-9-5-2-6-10-20)25(32)21(28)11-12-23(30)33-17-19-7-3-1-4-8-19;25-20(28-15-17-7-3-1-4-8-17)12-11-19-21(26)24(14-13-23-19)22(27)29-16-18-9-5-2-6-10-18;;/h1-10,21H,11-18,26H2;1-10,19,23H,11-16H2;2*1H/t21-;19-;;/m00../s1. The van der Waals surface area contributed by atoms with Crippen LogP contribution in [0.1, 0.15) is 47.9 Å². The molecule has 348 valence electrons. The van der Waals surface area contributed by atoms with Gasteiger partial charge in [0.2, 0.25) is 17.7 Å². The van der Waals surface area contributed by atoms with Gasteiger partial charge in [-0.15, -0.1) is 24.8 Å². The van der Waals surface area contributed by atoms with E-state index in [0.29, 0.717) is 6.54 Å². The maximum Gasteiger partial charge on any atom is 0.416 e. The van der Waals surface area contributed by atoms with Crippen LogP contribution in [0, 0.1) is 0 Å². The molecule has 2 saturated heterocycles. The van der Waals surface area contributed by atoms with E-state index in [-0.39, 0.29) is 127 Å². The minimum Gasteiger partial charge on any atom is -0.461 e. The lowest BCUT2D eigenvalue weighted by molar-refractivity contribution is -0.158. The molecule has 2 fully saturated rings. The molecule has 2 heterocycles. The third-order valence-corrected chi connectivity index (χ3v) is 10.1. The highest BCUT2D eigenvalue weighted by atomic mass is 35.5. The zero-order valence-electron chi connectivity index (χ0n) is 35.8. The molecule has 0 saturated carbocycles. The van der Waals surface area contributed by atoms with Gasteiger partial charge in [0.25, 0.3) is 0 Å². The number of benzene rings is 4. The van der Waals surface area contributed by atoms with Crippen LogP contribution in [0.25, 0.3) is 0 Å². The number of nitrogens with one attached hydrogen (secondary N) is 1. The van der Waals surface area contributed by atoms with Crippen LogP contribution >= 0.6 is 24.8 Å². The van der Waals surface area contributed by atoms with Crippen LogP contribution in [0.3, 0.4) is 0 Å². The van der Waals surface area contributed by atoms with E-state index >= 15 is 0 Å². The molecule has 6 rings (SSSR count). The Morgan fingerprint density at radius 1 is 0.554 bits per heavy atom. The summed E-state index contributed by atoms with van der Waals surface area (Å²) >= 11 is 0. The van der Waals surface area contributed by atoms with Crippen molar-refractivity contribution in [3.63, 3.8) is 0 Å². The largest absolute Gasteiger partial charge is 0.461 e. The molecule has 4 amide bonds. The van der Waals surface area contributed by atoms with Crippen molar-refractivity contribution in [1.29, 1.82) is 0 Å². The number of piperazine rings is 2. The third-order valence-electron chi connectivity index (χ3n) is 10.1. The van der Waals surface area contributed by atoms with E-state index in [9.17, 15) is 33.6 Å². The van der Waals surface area contributed by atoms with Crippen LogP contribution in [-0.4, -0.2) is 108 Å². The number of ether oxygens (including phenoxy) is 4. The molecule has 65 heavy (non-hydrogen) atoms. The number of hydrogen-bond donors (Lipinski definition) is 2. The van der Waals surface area contributed by atoms with Crippen molar-refractivity contribution >= 4 is 66.5 Å². The number of hydrogen-bond acceptors (Lipinski definition) is 13. The first kappa shape index (κ1) is 53.0. The van der Waals surface area contributed by atoms with Gasteiger partial charge in [-0.25, -0.2) is 9.69 Å². The number of nitrogens with zero attached hydrogens (tertiary/aromatic N) is 3. The molecule has 0 bridgehead atoms. The normalized spacial score (nSPS) is 15.5. The Morgan fingerprint density at radius 2 is 0.985 bits per heavy atom. The smallest absolute Gasteiger partial charge is 0.416 e. The molecule has 0 unspecified atom stereocenters. The van der Waals surface area contributed by atoms with E-state index in [2.05, 4.69) is 5.32 Å². The number of carbonyl (C=O) groups excluding carboxylic acids is 7. The second kappa shape index (κ2) is 28.5. The van der Waals surface area contributed by atoms with Gasteiger partial charge in [-0.1, -0.05) is 121 Å². The summed E-state index contributed by atoms with van der Waals surface area (Å²) in [7, 11) is 0. The van der Waals surface area contributed by atoms with Gasteiger partial charge in [0.1, 0.15) is 39.0 Å². The Balaban J connectivity index is 0.000000339. The number of carbonyl (C=O) groups is 7. The van der Waals surface area contributed by atoms with E-state index in [1.54, 1.807) is 0 Å². The van der Waals surface area contributed by atoms with Gasteiger partial charge in [0.15, 0.2) is 0 Å². The number of amides is 4. The number of halogens is 2. The number of imide groups is 1. The quantitative estimate of drug-likeness (QED) is 0.109. The summed E-state index contributed by atoms with van der Waals surface area (Å²) in [5, 5.41) is 3.05. The molecule has 16 nitrogen and oxygen atoms in total. The van der Waals surface area contributed by atoms with Crippen LogP contribution in [0.15, 0.2) is 121 Å². The van der Waals surface area contributed by atoms with Gasteiger partial charge in [-0.2, -0.15) is 0 Å². The van der Waals surface area contributed by atoms with E-state index in [4.69, 9.17) is 24.7 Å². The fourth-order valence-corrected chi connectivity index (χ4v) is 6.71. The van der Waals surface area contributed by atoms with Crippen molar-refractivity contribution < 1.29 is 52.5 Å². The summed E-state index contributed by atoms with van der Waals surface area (Å²) in [4.78, 5) is 90.6. The third kappa shape index (κ3) is 17.6. The van der Waals surface area contributed by atoms with Crippen molar-refractivity contribution in [2.24, 2.45) is 5.73 Å². The van der Waals surface area contributed by atoms with Crippen LogP contribution < -0.4 is 11.1 Å². The number of esters is 3. The highest BCUT2D eigenvalue weighted by Gasteiger charge is 2.38. The van der Waals surface area contributed by atoms with E-state index in [1.165, 1.54) is 9.80 Å². The average molecular weight is 937 g/mol. The molecule has 4 aromatic carbocycles. The molecule has 0 aliphatic carbocycles. The molecule has 4 aromatic rings. The molecule has 0 spiro atoms. The summed E-state index contributed by atoms with van der Waals surface area (Å²) in [6.45, 7) is 1.15. The van der Waals surface area contributed by atoms with Gasteiger partial charge < -0.3 is 39.8 Å². The van der Waals surface area contributed by atoms with Crippen molar-refractivity contribution in [2.45, 2.75) is 64.2 Å². The zero-order chi connectivity index (χ0) is 44.8. The first-order valence-corrected chi connectivity index (χ1v) is 20.7. The Hall–Kier alpha value is -6.33.